The number of Topliss-reactive ketones (excluding diaryl/α,β-unsaturated/α-hetero) is 1. The third kappa shape index (κ3) is 3.74. The Morgan fingerprint density at radius 1 is 0.949 bits per heavy atom. The molecule has 3 aromatic rings. The Morgan fingerprint density at radius 2 is 1.74 bits per heavy atom. The molecule has 3 aliphatic carbocycles. The number of aryl methyl sites for hydroxylation is 1. The van der Waals surface area contributed by atoms with Crippen LogP contribution in [0.2, 0.25) is 0 Å². The highest BCUT2D eigenvalue weighted by Gasteiger charge is 2.61. The van der Waals surface area contributed by atoms with E-state index in [9.17, 15) is 15.0 Å². The van der Waals surface area contributed by atoms with Gasteiger partial charge in [-0.3, -0.25) is 4.79 Å². The standard InChI is InChI=1S/C35H34O4/c1-34-18-15-26-25-14-12-24(36)21-23(25)11-13-27(26)30(34)17-20-35(34,38)19-16-29-32(37)28-9-5-6-10-31(28)39-33(29)22-7-3-2-4-8-22/h2-10,12,14,21,26-27,29-30,33,36,38H,11,13,15,17-18,20H2,1H3/t26?,27?,29?,30?,33?,34-,35-/m0/s1. The number of rotatable bonds is 1. The van der Waals surface area contributed by atoms with Crippen LogP contribution in [0.25, 0.3) is 0 Å². The van der Waals surface area contributed by atoms with Gasteiger partial charge in [0.1, 0.15) is 29.1 Å². The van der Waals surface area contributed by atoms with Gasteiger partial charge in [-0.05, 0) is 97.2 Å². The van der Waals surface area contributed by atoms with Crippen molar-refractivity contribution in [2.75, 3.05) is 0 Å². The number of phenolic OH excluding ortho intramolecular Hbond substituents is 1. The molecule has 7 atom stereocenters. The molecule has 7 rings (SSSR count). The quantitative estimate of drug-likeness (QED) is 0.356. The normalized spacial score (nSPS) is 34.4. The molecular weight excluding hydrogens is 484 g/mol. The summed E-state index contributed by atoms with van der Waals surface area (Å²) in [6.07, 6.45) is 4.99. The molecule has 198 valence electrons. The molecule has 0 spiro atoms. The molecule has 1 heterocycles. The number of para-hydroxylation sites is 1. The number of aliphatic hydroxyl groups is 1. The zero-order valence-corrected chi connectivity index (χ0v) is 22.3. The summed E-state index contributed by atoms with van der Waals surface area (Å²) < 4.78 is 6.37. The molecule has 39 heavy (non-hydrogen) atoms. The fourth-order valence-corrected chi connectivity index (χ4v) is 8.31. The minimum atomic E-state index is -1.14. The molecule has 0 amide bonds. The monoisotopic (exact) mass is 518 g/mol. The van der Waals surface area contributed by atoms with Crippen molar-refractivity contribution in [2.24, 2.45) is 23.2 Å². The van der Waals surface area contributed by atoms with E-state index in [4.69, 9.17) is 4.74 Å². The summed E-state index contributed by atoms with van der Waals surface area (Å²) in [5, 5.41) is 22.2. The van der Waals surface area contributed by atoms with Gasteiger partial charge in [-0.25, -0.2) is 0 Å². The molecule has 0 saturated heterocycles. The lowest BCUT2D eigenvalue weighted by Gasteiger charge is -2.52. The third-order valence-electron chi connectivity index (χ3n) is 10.4. The largest absolute Gasteiger partial charge is 0.508 e. The number of carbonyl (C=O) groups is 1. The molecule has 3 aromatic carbocycles. The lowest BCUT2D eigenvalue weighted by Crippen LogP contribution is -2.50. The predicted octanol–water partition coefficient (Wildman–Crippen LogP) is 6.62. The van der Waals surface area contributed by atoms with Crippen molar-refractivity contribution in [3.63, 3.8) is 0 Å². The molecule has 4 heteroatoms. The molecule has 4 nitrogen and oxygen atoms in total. The number of benzene rings is 3. The zero-order chi connectivity index (χ0) is 26.8. The Bertz CT molecular complexity index is 1500. The van der Waals surface area contributed by atoms with Crippen LogP contribution in [0, 0.1) is 35.0 Å². The summed E-state index contributed by atoms with van der Waals surface area (Å²) in [7, 11) is 0. The molecule has 0 bridgehead atoms. The summed E-state index contributed by atoms with van der Waals surface area (Å²) in [4.78, 5) is 13.7. The lowest BCUT2D eigenvalue weighted by molar-refractivity contribution is -0.0649. The van der Waals surface area contributed by atoms with Crippen LogP contribution in [0.3, 0.4) is 0 Å². The van der Waals surface area contributed by atoms with Crippen LogP contribution in [-0.2, 0) is 6.42 Å². The maximum atomic E-state index is 13.7. The number of ether oxygens (including phenoxy) is 1. The molecular formula is C35H34O4. The molecule has 4 aliphatic rings. The van der Waals surface area contributed by atoms with Crippen molar-refractivity contribution in [1.82, 2.24) is 0 Å². The van der Waals surface area contributed by atoms with Crippen LogP contribution in [-0.4, -0.2) is 21.6 Å². The van der Waals surface area contributed by atoms with E-state index in [0.29, 0.717) is 41.2 Å². The maximum absolute atomic E-state index is 13.7. The number of phenols is 1. The Balaban J connectivity index is 1.22. The van der Waals surface area contributed by atoms with Gasteiger partial charge in [0.2, 0.25) is 0 Å². The average Bonchev–Trinajstić information content (AvgIpc) is 3.23. The summed E-state index contributed by atoms with van der Waals surface area (Å²) in [6.45, 7) is 2.23. The summed E-state index contributed by atoms with van der Waals surface area (Å²) in [5.41, 5.74) is 2.65. The highest BCUT2D eigenvalue weighted by Crippen LogP contribution is 2.64. The van der Waals surface area contributed by atoms with Crippen molar-refractivity contribution in [2.45, 2.75) is 63.1 Å². The van der Waals surface area contributed by atoms with Gasteiger partial charge in [0, 0.05) is 5.41 Å². The molecule has 1 aliphatic heterocycles. The molecule has 2 fully saturated rings. The number of hydrogen-bond acceptors (Lipinski definition) is 4. The lowest BCUT2D eigenvalue weighted by atomic mass is 9.53. The van der Waals surface area contributed by atoms with Crippen molar-refractivity contribution in [3.8, 4) is 23.3 Å². The van der Waals surface area contributed by atoms with E-state index in [-0.39, 0.29) is 11.2 Å². The highest BCUT2D eigenvalue weighted by atomic mass is 16.5. The Labute approximate surface area is 230 Å². The van der Waals surface area contributed by atoms with Gasteiger partial charge in [0.15, 0.2) is 5.78 Å². The fraction of sp³-hybridized carbons (Fsp3) is 0.400. The van der Waals surface area contributed by atoms with Crippen molar-refractivity contribution in [3.05, 3.63) is 95.1 Å². The van der Waals surface area contributed by atoms with Crippen LogP contribution >= 0.6 is 0 Å². The van der Waals surface area contributed by atoms with Crippen LogP contribution in [0.15, 0.2) is 72.8 Å². The summed E-state index contributed by atoms with van der Waals surface area (Å²) in [6, 6.07) is 23.0. The minimum Gasteiger partial charge on any atom is -0.508 e. The second-order valence-corrected chi connectivity index (χ2v) is 12.2. The first-order valence-electron chi connectivity index (χ1n) is 14.3. The number of fused-ring (bicyclic) bond motifs is 6. The summed E-state index contributed by atoms with van der Waals surface area (Å²) >= 11 is 0. The molecule has 2 saturated carbocycles. The zero-order valence-electron chi connectivity index (χ0n) is 22.3. The van der Waals surface area contributed by atoms with Crippen molar-refractivity contribution >= 4 is 5.78 Å². The molecule has 0 radical (unpaired) electrons. The van der Waals surface area contributed by atoms with Crippen molar-refractivity contribution in [1.29, 1.82) is 0 Å². The van der Waals surface area contributed by atoms with Gasteiger partial charge >= 0.3 is 0 Å². The Kier molecular flexibility index (Phi) is 5.65. The van der Waals surface area contributed by atoms with Gasteiger partial charge < -0.3 is 14.9 Å². The number of aromatic hydroxyl groups is 1. The summed E-state index contributed by atoms with van der Waals surface area (Å²) in [5.74, 6) is 8.17. The topological polar surface area (TPSA) is 66.8 Å². The van der Waals surface area contributed by atoms with Crippen LogP contribution in [0.1, 0.15) is 78.1 Å². The van der Waals surface area contributed by atoms with Gasteiger partial charge in [-0.1, -0.05) is 67.3 Å². The van der Waals surface area contributed by atoms with E-state index in [2.05, 4.69) is 24.8 Å². The molecule has 5 unspecified atom stereocenters. The van der Waals surface area contributed by atoms with E-state index in [1.165, 1.54) is 11.1 Å². The molecule has 0 aromatic heterocycles. The first-order chi connectivity index (χ1) is 18.9. The first-order valence-corrected chi connectivity index (χ1v) is 14.3. The van der Waals surface area contributed by atoms with Crippen molar-refractivity contribution < 1.29 is 19.7 Å². The Hall–Kier alpha value is -3.55. The molecule has 2 N–H and O–H groups in total. The number of ketones is 1. The van der Waals surface area contributed by atoms with Gasteiger partial charge in [0.05, 0.1) is 5.56 Å². The second-order valence-electron chi connectivity index (χ2n) is 12.2. The fourth-order valence-electron chi connectivity index (χ4n) is 8.31. The second kappa shape index (κ2) is 9.00. The van der Waals surface area contributed by atoms with Crippen LogP contribution < -0.4 is 4.74 Å². The highest BCUT2D eigenvalue weighted by molar-refractivity contribution is 6.03. The van der Waals surface area contributed by atoms with E-state index < -0.39 is 17.6 Å². The number of hydrogen-bond donors (Lipinski definition) is 2. The van der Waals surface area contributed by atoms with Gasteiger partial charge in [-0.2, -0.15) is 0 Å². The van der Waals surface area contributed by atoms with E-state index in [1.807, 2.05) is 60.7 Å². The minimum absolute atomic E-state index is 0.0441. The Morgan fingerprint density at radius 3 is 2.59 bits per heavy atom. The SMILES string of the molecule is C[C@]12CCC3c4ccc(O)cc4CCC3C1CC[C@@]2(O)C#CC1C(=O)c2ccccc2OC1c1ccccc1. The number of carbonyl (C=O) groups excluding carboxylic acids is 1. The van der Waals surface area contributed by atoms with E-state index in [1.54, 1.807) is 6.07 Å². The average molecular weight is 519 g/mol. The van der Waals surface area contributed by atoms with Crippen LogP contribution in [0.4, 0.5) is 0 Å². The van der Waals surface area contributed by atoms with E-state index in [0.717, 1.165) is 37.7 Å². The third-order valence-corrected chi connectivity index (χ3v) is 10.4. The first kappa shape index (κ1) is 24.5. The smallest absolute Gasteiger partial charge is 0.185 e. The maximum Gasteiger partial charge on any atom is 0.185 e. The van der Waals surface area contributed by atoms with Gasteiger partial charge in [0.25, 0.3) is 0 Å². The predicted molar refractivity (Wildman–Crippen MR) is 150 cm³/mol. The van der Waals surface area contributed by atoms with Gasteiger partial charge in [-0.15, -0.1) is 0 Å². The van der Waals surface area contributed by atoms with Crippen LogP contribution in [0.5, 0.6) is 11.5 Å². The van der Waals surface area contributed by atoms with E-state index >= 15 is 0 Å².